The van der Waals surface area contributed by atoms with Gasteiger partial charge in [-0.2, -0.15) is 0 Å². The van der Waals surface area contributed by atoms with Crippen molar-refractivity contribution in [3.05, 3.63) is 23.2 Å². The molecule has 5 nitrogen and oxygen atoms in total. The maximum Gasteiger partial charge on any atom is 0.323 e. The summed E-state index contributed by atoms with van der Waals surface area (Å²) in [5.41, 5.74) is 1.06. The van der Waals surface area contributed by atoms with Gasteiger partial charge in [-0.1, -0.05) is 0 Å². The molecule has 1 aromatic heterocycles. The number of carbonyl (C=O) groups is 1. The third-order valence-electron chi connectivity index (χ3n) is 3.48. The van der Waals surface area contributed by atoms with Gasteiger partial charge in [0, 0.05) is 18.2 Å². The summed E-state index contributed by atoms with van der Waals surface area (Å²) in [4.78, 5) is 13.2. The Morgan fingerprint density at radius 2 is 2.28 bits per heavy atom. The van der Waals surface area contributed by atoms with Gasteiger partial charge in [0.2, 0.25) is 0 Å². The fourth-order valence-electron chi connectivity index (χ4n) is 2.54. The molecule has 2 atom stereocenters. The summed E-state index contributed by atoms with van der Waals surface area (Å²) >= 11 is 0. The molecule has 0 bridgehead atoms. The van der Waals surface area contributed by atoms with E-state index in [0.717, 1.165) is 17.1 Å². The van der Waals surface area contributed by atoms with Crippen LogP contribution >= 0.6 is 0 Å². The normalized spacial score (nSPS) is 22.9. The maximum absolute atomic E-state index is 11.2. The van der Waals surface area contributed by atoms with Crippen LogP contribution in [0.3, 0.4) is 0 Å². The second-order valence-corrected chi connectivity index (χ2v) is 4.71. The van der Waals surface area contributed by atoms with Crippen LogP contribution in [0.1, 0.15) is 30.0 Å². The first-order valence-electron chi connectivity index (χ1n) is 6.14. The van der Waals surface area contributed by atoms with Crippen molar-refractivity contribution < 1.29 is 19.1 Å². The Bertz CT molecular complexity index is 440. The number of furan rings is 1. The van der Waals surface area contributed by atoms with E-state index < -0.39 is 12.0 Å². The first-order chi connectivity index (χ1) is 8.50. The van der Waals surface area contributed by atoms with E-state index in [1.165, 1.54) is 0 Å². The number of aryl methyl sites for hydroxylation is 2. The standard InChI is InChI=1S/C13H19NO4/c1-8-6-11(10(3)18-8)9(2)14-4-5-17-7-12(14)13(15)16/h6,9,12H,4-5,7H2,1-3H3,(H,15,16). The Morgan fingerprint density at radius 3 is 2.83 bits per heavy atom. The minimum atomic E-state index is -0.834. The summed E-state index contributed by atoms with van der Waals surface area (Å²) < 4.78 is 10.8. The van der Waals surface area contributed by atoms with Gasteiger partial charge in [-0.05, 0) is 26.8 Å². The van der Waals surface area contributed by atoms with Crippen LogP contribution in [0, 0.1) is 13.8 Å². The molecule has 1 aliphatic rings. The number of carboxylic acids is 1. The third-order valence-corrected chi connectivity index (χ3v) is 3.48. The van der Waals surface area contributed by atoms with Crippen molar-refractivity contribution in [2.75, 3.05) is 19.8 Å². The topological polar surface area (TPSA) is 62.9 Å². The van der Waals surface area contributed by atoms with E-state index in [-0.39, 0.29) is 12.6 Å². The number of hydrogen-bond acceptors (Lipinski definition) is 4. The first kappa shape index (κ1) is 13.1. The number of carboxylic acid groups (broad SMARTS) is 1. The quantitative estimate of drug-likeness (QED) is 0.889. The number of rotatable bonds is 3. The number of aliphatic carboxylic acids is 1. The van der Waals surface area contributed by atoms with Gasteiger partial charge in [0.15, 0.2) is 0 Å². The van der Waals surface area contributed by atoms with Gasteiger partial charge >= 0.3 is 5.97 Å². The van der Waals surface area contributed by atoms with E-state index in [9.17, 15) is 9.90 Å². The molecule has 5 heteroatoms. The van der Waals surface area contributed by atoms with E-state index in [0.29, 0.717) is 13.2 Å². The summed E-state index contributed by atoms with van der Waals surface area (Å²) in [6, 6.07) is 1.42. The van der Waals surface area contributed by atoms with Crippen molar-refractivity contribution in [3.63, 3.8) is 0 Å². The second kappa shape index (κ2) is 5.12. The van der Waals surface area contributed by atoms with Gasteiger partial charge < -0.3 is 14.3 Å². The lowest BCUT2D eigenvalue weighted by atomic mass is 10.0. The highest BCUT2D eigenvalue weighted by atomic mass is 16.5. The predicted octanol–water partition coefficient (Wildman–Crippen LogP) is 1.74. The van der Waals surface area contributed by atoms with Crippen LogP contribution in [-0.2, 0) is 9.53 Å². The molecular weight excluding hydrogens is 234 g/mol. The SMILES string of the molecule is Cc1cc(C(C)N2CCOCC2C(=O)O)c(C)o1. The Labute approximate surface area is 106 Å². The van der Waals surface area contributed by atoms with Crippen LogP contribution < -0.4 is 0 Å². The first-order valence-corrected chi connectivity index (χ1v) is 6.14. The fraction of sp³-hybridized carbons (Fsp3) is 0.615. The van der Waals surface area contributed by atoms with Gasteiger partial charge in [0.05, 0.1) is 13.2 Å². The van der Waals surface area contributed by atoms with E-state index >= 15 is 0 Å². The van der Waals surface area contributed by atoms with Crippen molar-refractivity contribution in [2.24, 2.45) is 0 Å². The fourth-order valence-corrected chi connectivity index (χ4v) is 2.54. The Morgan fingerprint density at radius 1 is 1.56 bits per heavy atom. The third kappa shape index (κ3) is 2.42. The molecule has 2 heterocycles. The molecule has 1 aromatic rings. The molecule has 1 fully saturated rings. The molecule has 0 radical (unpaired) electrons. The molecule has 0 saturated carbocycles. The smallest absolute Gasteiger partial charge is 0.323 e. The van der Waals surface area contributed by atoms with Crippen molar-refractivity contribution in [3.8, 4) is 0 Å². The van der Waals surface area contributed by atoms with E-state index in [4.69, 9.17) is 9.15 Å². The highest BCUT2D eigenvalue weighted by Gasteiger charge is 2.34. The van der Waals surface area contributed by atoms with Gasteiger partial charge in [0.1, 0.15) is 17.6 Å². The van der Waals surface area contributed by atoms with Gasteiger partial charge in [0.25, 0.3) is 0 Å². The van der Waals surface area contributed by atoms with Crippen LogP contribution in [0.5, 0.6) is 0 Å². The molecule has 100 valence electrons. The molecule has 2 unspecified atom stereocenters. The van der Waals surface area contributed by atoms with E-state index in [2.05, 4.69) is 0 Å². The molecule has 1 aliphatic heterocycles. The zero-order chi connectivity index (χ0) is 13.3. The van der Waals surface area contributed by atoms with E-state index in [1.54, 1.807) is 0 Å². The molecular formula is C13H19NO4. The van der Waals surface area contributed by atoms with Gasteiger partial charge in [-0.3, -0.25) is 9.69 Å². The second-order valence-electron chi connectivity index (χ2n) is 4.71. The van der Waals surface area contributed by atoms with Crippen LogP contribution in [-0.4, -0.2) is 41.8 Å². The van der Waals surface area contributed by atoms with Crippen LogP contribution in [0.4, 0.5) is 0 Å². The van der Waals surface area contributed by atoms with Crippen molar-refractivity contribution >= 4 is 5.97 Å². The molecule has 1 saturated heterocycles. The summed E-state index contributed by atoms with van der Waals surface area (Å²) in [6.07, 6.45) is 0. The zero-order valence-corrected chi connectivity index (χ0v) is 11.0. The molecule has 0 amide bonds. The largest absolute Gasteiger partial charge is 0.480 e. The molecule has 0 aromatic carbocycles. The number of nitrogens with zero attached hydrogens (tertiary/aromatic N) is 1. The lowest BCUT2D eigenvalue weighted by molar-refractivity contribution is -0.151. The van der Waals surface area contributed by atoms with Crippen LogP contribution in [0.15, 0.2) is 10.5 Å². The molecule has 2 rings (SSSR count). The monoisotopic (exact) mass is 253 g/mol. The van der Waals surface area contributed by atoms with Crippen LogP contribution in [0.2, 0.25) is 0 Å². The molecule has 1 N–H and O–H groups in total. The summed E-state index contributed by atoms with van der Waals surface area (Å²) in [7, 11) is 0. The molecule has 0 spiro atoms. The summed E-state index contributed by atoms with van der Waals surface area (Å²) in [5, 5.41) is 9.23. The number of hydrogen-bond donors (Lipinski definition) is 1. The number of ether oxygens (including phenoxy) is 1. The van der Waals surface area contributed by atoms with Crippen molar-refractivity contribution in [2.45, 2.75) is 32.9 Å². The Hall–Kier alpha value is -1.33. The highest BCUT2D eigenvalue weighted by Crippen LogP contribution is 2.28. The van der Waals surface area contributed by atoms with Crippen molar-refractivity contribution in [1.82, 2.24) is 4.90 Å². The average Bonchev–Trinajstić information content (AvgIpc) is 2.67. The number of morpholine rings is 1. The van der Waals surface area contributed by atoms with Gasteiger partial charge in [-0.15, -0.1) is 0 Å². The lowest BCUT2D eigenvalue weighted by Crippen LogP contribution is -2.50. The minimum absolute atomic E-state index is 0.0208. The summed E-state index contributed by atoms with van der Waals surface area (Å²) in [6.45, 7) is 7.27. The molecule has 0 aliphatic carbocycles. The minimum Gasteiger partial charge on any atom is -0.480 e. The lowest BCUT2D eigenvalue weighted by Gasteiger charge is -2.37. The van der Waals surface area contributed by atoms with Gasteiger partial charge in [-0.25, -0.2) is 0 Å². The van der Waals surface area contributed by atoms with Crippen molar-refractivity contribution in [1.29, 1.82) is 0 Å². The highest BCUT2D eigenvalue weighted by molar-refractivity contribution is 5.73. The van der Waals surface area contributed by atoms with Crippen LogP contribution in [0.25, 0.3) is 0 Å². The maximum atomic E-state index is 11.2. The predicted molar refractivity (Wildman–Crippen MR) is 65.5 cm³/mol. The summed E-state index contributed by atoms with van der Waals surface area (Å²) in [5.74, 6) is 0.879. The average molecular weight is 253 g/mol. The Balaban J connectivity index is 2.23. The Kier molecular flexibility index (Phi) is 3.73. The van der Waals surface area contributed by atoms with E-state index in [1.807, 2.05) is 31.7 Å². The molecule has 18 heavy (non-hydrogen) atoms. The zero-order valence-electron chi connectivity index (χ0n) is 11.0.